The maximum Gasteiger partial charge on any atom is 0.295 e. The van der Waals surface area contributed by atoms with E-state index in [2.05, 4.69) is 10.2 Å². The summed E-state index contributed by atoms with van der Waals surface area (Å²) in [6, 6.07) is 15.8. The summed E-state index contributed by atoms with van der Waals surface area (Å²) in [5, 5.41) is 7.54. The topological polar surface area (TPSA) is 51.0 Å². The molecule has 0 aliphatic rings. The van der Waals surface area contributed by atoms with Gasteiger partial charge in [-0.15, -0.1) is 10.2 Å². The second-order valence-electron chi connectivity index (χ2n) is 3.57. The number of amides is 1. The first-order chi connectivity index (χ1) is 8.79. The maximum absolute atomic E-state index is 11.7. The third-order valence-electron chi connectivity index (χ3n) is 2.35. The predicted molar refractivity (Wildman–Crippen MR) is 68.3 cm³/mol. The highest BCUT2D eigenvalue weighted by atomic mass is 16.5. The van der Waals surface area contributed by atoms with Gasteiger partial charge in [-0.2, -0.15) is 0 Å². The Labute approximate surface area is 105 Å². The van der Waals surface area contributed by atoms with Crippen LogP contribution < -0.4 is 4.74 Å². The Balaban J connectivity index is 2.08. The molecule has 2 aromatic carbocycles. The third-order valence-corrected chi connectivity index (χ3v) is 2.35. The number of carbonyl (C=O) groups is 1. The Morgan fingerprint density at radius 3 is 2.28 bits per heavy atom. The predicted octanol–water partition coefficient (Wildman–Crippen LogP) is 3.62. The fourth-order valence-electron chi connectivity index (χ4n) is 1.39. The number of ether oxygens (including phenoxy) is 1. The van der Waals surface area contributed by atoms with Crippen molar-refractivity contribution in [1.29, 1.82) is 0 Å². The quantitative estimate of drug-likeness (QED) is 0.769. The fourth-order valence-corrected chi connectivity index (χ4v) is 1.39. The summed E-state index contributed by atoms with van der Waals surface area (Å²) >= 11 is 0. The zero-order valence-electron chi connectivity index (χ0n) is 9.91. The molecule has 0 atom stereocenters. The zero-order valence-corrected chi connectivity index (χ0v) is 9.91. The van der Waals surface area contributed by atoms with Gasteiger partial charge in [0.2, 0.25) is 0 Å². The number of carbonyl (C=O) groups excluding carboxylic acids is 1. The smallest absolute Gasteiger partial charge is 0.295 e. The molecule has 4 nitrogen and oxygen atoms in total. The fraction of sp³-hybridized carbons (Fsp3) is 0.0714. The van der Waals surface area contributed by atoms with Crippen LogP contribution in [0.5, 0.6) is 5.75 Å². The van der Waals surface area contributed by atoms with Crippen molar-refractivity contribution in [3.8, 4) is 5.75 Å². The number of hydrogen-bond acceptors (Lipinski definition) is 3. The molecule has 0 heterocycles. The van der Waals surface area contributed by atoms with E-state index in [1.807, 2.05) is 6.07 Å². The van der Waals surface area contributed by atoms with Crippen LogP contribution >= 0.6 is 0 Å². The number of methoxy groups -OCH3 is 1. The number of benzene rings is 2. The van der Waals surface area contributed by atoms with Crippen molar-refractivity contribution in [2.24, 2.45) is 10.2 Å². The van der Waals surface area contributed by atoms with Gasteiger partial charge in [0.15, 0.2) is 0 Å². The van der Waals surface area contributed by atoms with Gasteiger partial charge in [-0.25, -0.2) is 0 Å². The molecule has 0 aliphatic carbocycles. The second-order valence-corrected chi connectivity index (χ2v) is 3.57. The molecule has 0 unspecified atom stereocenters. The minimum atomic E-state index is -0.355. The summed E-state index contributed by atoms with van der Waals surface area (Å²) in [4.78, 5) is 11.7. The van der Waals surface area contributed by atoms with Gasteiger partial charge in [0.25, 0.3) is 5.91 Å². The summed E-state index contributed by atoms with van der Waals surface area (Å²) < 4.78 is 5.02. The van der Waals surface area contributed by atoms with Crippen LogP contribution in [0.25, 0.3) is 0 Å². The summed E-state index contributed by atoms with van der Waals surface area (Å²) in [7, 11) is 1.59. The molecule has 18 heavy (non-hydrogen) atoms. The molecular formula is C14H12N2O2. The lowest BCUT2D eigenvalue weighted by molar-refractivity contribution is 0.0995. The van der Waals surface area contributed by atoms with Gasteiger partial charge in [-0.1, -0.05) is 18.2 Å². The molecule has 1 amide bonds. The summed E-state index contributed by atoms with van der Waals surface area (Å²) in [6.07, 6.45) is 0. The molecule has 0 aromatic heterocycles. The van der Waals surface area contributed by atoms with Crippen LogP contribution in [0.4, 0.5) is 5.69 Å². The highest BCUT2D eigenvalue weighted by Crippen LogP contribution is 2.18. The van der Waals surface area contributed by atoms with Crippen LogP contribution in [-0.4, -0.2) is 13.0 Å². The molecule has 0 N–H and O–H groups in total. The first-order valence-electron chi connectivity index (χ1n) is 5.45. The largest absolute Gasteiger partial charge is 0.497 e. The molecule has 0 bridgehead atoms. The average molecular weight is 240 g/mol. The van der Waals surface area contributed by atoms with Gasteiger partial charge in [0.05, 0.1) is 12.8 Å². The highest BCUT2D eigenvalue weighted by Gasteiger charge is 2.02. The Kier molecular flexibility index (Phi) is 3.81. The van der Waals surface area contributed by atoms with E-state index in [0.29, 0.717) is 11.3 Å². The van der Waals surface area contributed by atoms with Crippen molar-refractivity contribution in [3.63, 3.8) is 0 Å². The molecule has 0 radical (unpaired) electrons. The third kappa shape index (κ3) is 3.01. The van der Waals surface area contributed by atoms with Gasteiger partial charge in [-0.3, -0.25) is 4.79 Å². The highest BCUT2D eigenvalue weighted by molar-refractivity contribution is 5.94. The van der Waals surface area contributed by atoms with Crippen molar-refractivity contribution in [2.45, 2.75) is 0 Å². The molecular weight excluding hydrogens is 228 g/mol. The van der Waals surface area contributed by atoms with E-state index in [-0.39, 0.29) is 5.91 Å². The molecule has 90 valence electrons. The molecule has 0 spiro atoms. The van der Waals surface area contributed by atoms with Gasteiger partial charge >= 0.3 is 0 Å². The van der Waals surface area contributed by atoms with E-state index in [1.54, 1.807) is 55.6 Å². The standard InChI is InChI=1S/C14H12N2O2/c1-18-13-9-7-12(8-10-13)15-16-14(17)11-5-3-2-4-6-11/h2-10H,1H3. The van der Waals surface area contributed by atoms with Crippen LogP contribution in [0.2, 0.25) is 0 Å². The van der Waals surface area contributed by atoms with E-state index in [4.69, 9.17) is 4.74 Å². The van der Waals surface area contributed by atoms with Crippen LogP contribution in [0.15, 0.2) is 64.8 Å². The molecule has 2 aromatic rings. The lowest BCUT2D eigenvalue weighted by atomic mass is 10.2. The van der Waals surface area contributed by atoms with E-state index in [1.165, 1.54) is 0 Å². The molecule has 0 fully saturated rings. The molecule has 0 saturated carbocycles. The summed E-state index contributed by atoms with van der Waals surface area (Å²) in [5.41, 5.74) is 1.13. The molecule has 0 saturated heterocycles. The first kappa shape index (κ1) is 12.0. The van der Waals surface area contributed by atoms with E-state index >= 15 is 0 Å². The molecule has 0 aliphatic heterocycles. The van der Waals surface area contributed by atoms with Crippen LogP contribution in [0.3, 0.4) is 0 Å². The number of azo groups is 1. The van der Waals surface area contributed by atoms with Crippen molar-refractivity contribution >= 4 is 11.6 Å². The number of hydrogen-bond donors (Lipinski definition) is 0. The van der Waals surface area contributed by atoms with E-state index in [0.717, 1.165) is 5.75 Å². The van der Waals surface area contributed by atoms with Gasteiger partial charge < -0.3 is 4.74 Å². The lowest BCUT2D eigenvalue weighted by Gasteiger charge is -1.98. The minimum Gasteiger partial charge on any atom is -0.497 e. The van der Waals surface area contributed by atoms with Crippen LogP contribution in [0.1, 0.15) is 10.4 Å². The normalized spacial score (nSPS) is 10.5. The monoisotopic (exact) mass is 240 g/mol. The van der Waals surface area contributed by atoms with Crippen molar-refractivity contribution < 1.29 is 9.53 Å². The average Bonchev–Trinajstić information content (AvgIpc) is 2.46. The Bertz CT molecular complexity index is 548. The maximum atomic E-state index is 11.7. The number of nitrogens with zero attached hydrogens (tertiary/aromatic N) is 2. The minimum absolute atomic E-state index is 0.355. The van der Waals surface area contributed by atoms with Gasteiger partial charge in [-0.05, 0) is 36.4 Å². The lowest BCUT2D eigenvalue weighted by Crippen LogP contribution is -1.91. The molecule has 4 heteroatoms. The molecule has 2 rings (SSSR count). The Hall–Kier alpha value is -2.49. The van der Waals surface area contributed by atoms with Crippen LogP contribution in [-0.2, 0) is 0 Å². The van der Waals surface area contributed by atoms with E-state index < -0.39 is 0 Å². The van der Waals surface area contributed by atoms with Crippen LogP contribution in [0, 0.1) is 0 Å². The summed E-state index contributed by atoms with van der Waals surface area (Å²) in [5.74, 6) is 0.384. The number of rotatable bonds is 3. The Morgan fingerprint density at radius 1 is 1.00 bits per heavy atom. The van der Waals surface area contributed by atoms with Crippen molar-refractivity contribution in [2.75, 3.05) is 7.11 Å². The zero-order chi connectivity index (χ0) is 12.8. The second kappa shape index (κ2) is 5.72. The Morgan fingerprint density at radius 2 is 1.67 bits per heavy atom. The summed E-state index contributed by atoms with van der Waals surface area (Å²) in [6.45, 7) is 0. The van der Waals surface area contributed by atoms with E-state index in [9.17, 15) is 4.79 Å². The van der Waals surface area contributed by atoms with Crippen molar-refractivity contribution in [1.82, 2.24) is 0 Å². The van der Waals surface area contributed by atoms with Crippen molar-refractivity contribution in [3.05, 3.63) is 60.2 Å². The van der Waals surface area contributed by atoms with Gasteiger partial charge in [0, 0.05) is 5.56 Å². The SMILES string of the molecule is COc1ccc(N=NC(=O)c2ccccc2)cc1. The first-order valence-corrected chi connectivity index (χ1v) is 5.45. The van der Waals surface area contributed by atoms with Gasteiger partial charge in [0.1, 0.15) is 5.75 Å².